The zero-order valence-corrected chi connectivity index (χ0v) is 5.72. The average molecular weight is 144 g/mol. The second kappa shape index (κ2) is 2.42. The van der Waals surface area contributed by atoms with E-state index >= 15 is 0 Å². The Balaban J connectivity index is 2.80. The number of hydrogen-bond donors (Lipinski definition) is 0. The second-order valence-electron chi connectivity index (χ2n) is 1.49. The summed E-state index contributed by atoms with van der Waals surface area (Å²) in [6.45, 7) is 0. The Hall–Kier alpha value is -0.140. The normalized spacial score (nSPS) is 18.6. The maximum absolute atomic E-state index is 5.60. The van der Waals surface area contributed by atoms with Gasteiger partial charge in [0.2, 0.25) is 0 Å². The molecule has 0 aromatic rings. The van der Waals surface area contributed by atoms with E-state index in [4.69, 9.17) is 23.8 Å². The van der Waals surface area contributed by atoms with E-state index in [0.29, 0.717) is 5.03 Å². The van der Waals surface area contributed by atoms with E-state index in [1.807, 2.05) is 6.08 Å². The minimum absolute atomic E-state index is 0.655. The lowest BCUT2D eigenvalue weighted by Crippen LogP contribution is -1.94. The van der Waals surface area contributed by atoms with Gasteiger partial charge in [0, 0.05) is 11.3 Å². The van der Waals surface area contributed by atoms with Gasteiger partial charge in [-0.1, -0.05) is 29.9 Å². The van der Waals surface area contributed by atoms with Crippen LogP contribution in [0.3, 0.4) is 0 Å². The van der Waals surface area contributed by atoms with Crippen LogP contribution in [0, 0.1) is 6.08 Å². The summed E-state index contributed by atoms with van der Waals surface area (Å²) in [5.41, 5.74) is 0. The van der Waals surface area contributed by atoms with Gasteiger partial charge in [0.05, 0.1) is 5.03 Å². The number of thiocarbonyl (C=S) groups is 1. The van der Waals surface area contributed by atoms with Crippen LogP contribution in [0.2, 0.25) is 0 Å². The minimum atomic E-state index is 0.655. The van der Waals surface area contributed by atoms with Crippen molar-refractivity contribution in [2.24, 2.45) is 0 Å². The highest BCUT2D eigenvalue weighted by Crippen LogP contribution is 2.12. The molecule has 1 aliphatic rings. The standard InChI is InChI=1S/C6H4ClS/c7-5-3-1-2-4-6(5)8/h2-3H,4H2. The molecule has 0 spiro atoms. The molecule has 0 heterocycles. The SMILES string of the molecule is S=C1CC=[C]C=C1Cl. The zero-order valence-electron chi connectivity index (χ0n) is 4.15. The summed E-state index contributed by atoms with van der Waals surface area (Å²) in [7, 11) is 0. The molecular weight excluding hydrogens is 140 g/mol. The lowest BCUT2D eigenvalue weighted by Gasteiger charge is -1.99. The van der Waals surface area contributed by atoms with Gasteiger partial charge in [0.25, 0.3) is 0 Å². The van der Waals surface area contributed by atoms with E-state index in [1.165, 1.54) is 0 Å². The third-order valence-electron chi connectivity index (χ3n) is 0.882. The molecule has 8 heavy (non-hydrogen) atoms. The van der Waals surface area contributed by atoms with Crippen LogP contribution in [-0.2, 0) is 0 Å². The van der Waals surface area contributed by atoms with E-state index in [-0.39, 0.29) is 0 Å². The molecule has 41 valence electrons. The van der Waals surface area contributed by atoms with Gasteiger partial charge >= 0.3 is 0 Å². The zero-order chi connectivity index (χ0) is 5.98. The van der Waals surface area contributed by atoms with Gasteiger partial charge in [-0.2, -0.15) is 0 Å². The van der Waals surface area contributed by atoms with Crippen LogP contribution in [0.1, 0.15) is 6.42 Å². The fourth-order valence-electron chi connectivity index (χ4n) is 0.462. The summed E-state index contributed by atoms with van der Waals surface area (Å²) < 4.78 is 0. The van der Waals surface area contributed by atoms with Gasteiger partial charge in [0.15, 0.2) is 0 Å². The Morgan fingerprint density at radius 3 is 2.88 bits per heavy atom. The van der Waals surface area contributed by atoms with Crippen LogP contribution in [0.4, 0.5) is 0 Å². The van der Waals surface area contributed by atoms with E-state index in [9.17, 15) is 0 Å². The largest absolute Gasteiger partial charge is 0.0831 e. The van der Waals surface area contributed by atoms with Crippen LogP contribution in [-0.4, -0.2) is 4.86 Å². The van der Waals surface area contributed by atoms with Crippen molar-refractivity contribution >= 4 is 28.7 Å². The van der Waals surface area contributed by atoms with Gasteiger partial charge < -0.3 is 0 Å². The van der Waals surface area contributed by atoms with Crippen molar-refractivity contribution < 1.29 is 0 Å². The first kappa shape index (κ1) is 5.99. The first-order valence-corrected chi connectivity index (χ1v) is 3.06. The van der Waals surface area contributed by atoms with Gasteiger partial charge in [-0.15, -0.1) is 0 Å². The smallest absolute Gasteiger partial charge is 0.0554 e. The topological polar surface area (TPSA) is 0 Å². The van der Waals surface area contributed by atoms with Crippen molar-refractivity contribution in [2.75, 3.05) is 0 Å². The molecule has 2 heteroatoms. The maximum Gasteiger partial charge on any atom is 0.0554 e. The Labute approximate surface area is 58.8 Å². The Morgan fingerprint density at radius 1 is 1.75 bits per heavy atom. The van der Waals surface area contributed by atoms with E-state index in [1.54, 1.807) is 6.08 Å². The number of allylic oxidation sites excluding steroid dienone is 4. The quantitative estimate of drug-likeness (QED) is 0.469. The Kier molecular flexibility index (Phi) is 1.81. The lowest BCUT2D eigenvalue weighted by molar-refractivity contribution is 1.47. The molecule has 0 aromatic heterocycles. The summed E-state index contributed by atoms with van der Waals surface area (Å²) in [5.74, 6) is 0. The lowest BCUT2D eigenvalue weighted by atomic mass is 10.2. The highest BCUT2D eigenvalue weighted by atomic mass is 35.5. The molecule has 0 aliphatic heterocycles. The molecular formula is C6H4ClS. The molecule has 0 saturated carbocycles. The summed E-state index contributed by atoms with van der Waals surface area (Å²) >= 11 is 10.5. The van der Waals surface area contributed by atoms with Gasteiger partial charge in [-0.25, -0.2) is 0 Å². The van der Waals surface area contributed by atoms with Crippen molar-refractivity contribution in [1.29, 1.82) is 0 Å². The molecule has 1 radical (unpaired) electrons. The highest BCUT2D eigenvalue weighted by Gasteiger charge is 2.00. The third kappa shape index (κ3) is 1.17. The second-order valence-corrected chi connectivity index (χ2v) is 2.39. The fraction of sp³-hybridized carbons (Fsp3) is 0.167. The van der Waals surface area contributed by atoms with E-state index in [2.05, 4.69) is 6.08 Å². The molecule has 0 aromatic carbocycles. The summed E-state index contributed by atoms with van der Waals surface area (Å²) in [4.78, 5) is 0.811. The summed E-state index contributed by atoms with van der Waals surface area (Å²) in [6, 6.07) is 0. The maximum atomic E-state index is 5.60. The van der Waals surface area contributed by atoms with Gasteiger partial charge in [0.1, 0.15) is 0 Å². The molecule has 0 bridgehead atoms. The molecule has 0 saturated heterocycles. The Bertz CT molecular complexity index is 167. The van der Waals surface area contributed by atoms with Crippen LogP contribution in [0.15, 0.2) is 17.2 Å². The molecule has 0 unspecified atom stereocenters. The molecule has 0 fully saturated rings. The van der Waals surface area contributed by atoms with Crippen molar-refractivity contribution in [3.63, 3.8) is 0 Å². The third-order valence-corrected chi connectivity index (χ3v) is 1.72. The fourth-order valence-corrected chi connectivity index (χ4v) is 0.744. The monoisotopic (exact) mass is 143 g/mol. The molecule has 0 N–H and O–H groups in total. The Morgan fingerprint density at radius 2 is 2.50 bits per heavy atom. The van der Waals surface area contributed by atoms with Gasteiger partial charge in [-0.3, -0.25) is 0 Å². The summed E-state index contributed by atoms with van der Waals surface area (Å²) in [6.07, 6.45) is 7.18. The van der Waals surface area contributed by atoms with Gasteiger partial charge in [-0.05, 0) is 12.2 Å². The molecule has 0 nitrogen and oxygen atoms in total. The van der Waals surface area contributed by atoms with Crippen LogP contribution in [0.5, 0.6) is 0 Å². The van der Waals surface area contributed by atoms with Crippen molar-refractivity contribution in [3.05, 3.63) is 23.3 Å². The molecule has 0 atom stereocenters. The number of rotatable bonds is 0. The average Bonchev–Trinajstić information content (AvgIpc) is 1.77. The predicted molar refractivity (Wildman–Crippen MR) is 39.0 cm³/mol. The van der Waals surface area contributed by atoms with E-state index in [0.717, 1.165) is 11.3 Å². The van der Waals surface area contributed by atoms with Crippen molar-refractivity contribution in [3.8, 4) is 0 Å². The first-order chi connectivity index (χ1) is 3.80. The van der Waals surface area contributed by atoms with Crippen molar-refractivity contribution in [1.82, 2.24) is 0 Å². The first-order valence-electron chi connectivity index (χ1n) is 2.27. The highest BCUT2D eigenvalue weighted by molar-refractivity contribution is 7.81. The van der Waals surface area contributed by atoms with Crippen molar-refractivity contribution in [2.45, 2.75) is 6.42 Å². The van der Waals surface area contributed by atoms with Crippen LogP contribution in [0.25, 0.3) is 0 Å². The molecule has 1 aliphatic carbocycles. The molecule has 0 amide bonds. The molecule has 1 rings (SSSR count). The van der Waals surface area contributed by atoms with Crippen LogP contribution < -0.4 is 0 Å². The number of halogens is 1. The summed E-state index contributed by atoms with van der Waals surface area (Å²) in [5, 5.41) is 0.655. The number of hydrogen-bond acceptors (Lipinski definition) is 1. The van der Waals surface area contributed by atoms with Crippen LogP contribution >= 0.6 is 23.8 Å². The predicted octanol–water partition coefficient (Wildman–Crippen LogP) is 2.24. The minimum Gasteiger partial charge on any atom is -0.0831 e. The van der Waals surface area contributed by atoms with E-state index < -0.39 is 0 Å².